The van der Waals surface area contributed by atoms with Crippen LogP contribution in [0.25, 0.3) is 16.9 Å². The number of methoxy groups -OCH3 is 1. The number of hydrogen-bond donors (Lipinski definition) is 1. The molecule has 23 heavy (non-hydrogen) atoms. The first-order valence-corrected chi connectivity index (χ1v) is 6.45. The minimum absolute atomic E-state index is 0.0341. The maximum Gasteiger partial charge on any atom is 0.356 e. The third-order valence-corrected chi connectivity index (χ3v) is 3.23. The largest absolute Gasteiger partial charge is 0.464 e. The average molecular weight is 314 g/mol. The van der Waals surface area contributed by atoms with Crippen LogP contribution in [0, 0.1) is 10.1 Å². The Hall–Kier alpha value is -3.49. The van der Waals surface area contributed by atoms with Crippen LogP contribution in [0.5, 0.6) is 0 Å². The first-order chi connectivity index (χ1) is 11.0. The maximum atomic E-state index is 12.0. The van der Waals surface area contributed by atoms with Crippen LogP contribution >= 0.6 is 0 Å². The number of aromatic nitrogens is 3. The molecule has 0 spiro atoms. The summed E-state index contributed by atoms with van der Waals surface area (Å²) in [7, 11) is 1.20. The predicted molar refractivity (Wildman–Crippen MR) is 79.2 cm³/mol. The van der Waals surface area contributed by atoms with Gasteiger partial charge in [-0.2, -0.15) is 0 Å². The van der Waals surface area contributed by atoms with E-state index in [4.69, 9.17) is 0 Å². The topological polar surface area (TPSA) is 120 Å². The van der Waals surface area contributed by atoms with Gasteiger partial charge in [-0.3, -0.25) is 20.0 Å². The number of carbonyl (C=O) groups is 1. The average Bonchev–Trinajstić information content (AvgIpc) is 2.98. The van der Waals surface area contributed by atoms with Gasteiger partial charge in [0, 0.05) is 29.8 Å². The summed E-state index contributed by atoms with van der Waals surface area (Å²) < 4.78 is 5.71. The van der Waals surface area contributed by atoms with Crippen LogP contribution in [0.2, 0.25) is 0 Å². The molecule has 2 heterocycles. The Bertz CT molecular complexity index is 971. The van der Waals surface area contributed by atoms with Crippen LogP contribution in [0.3, 0.4) is 0 Å². The normalized spacial score (nSPS) is 10.7. The molecule has 2 aromatic heterocycles. The molecule has 0 atom stereocenters. The van der Waals surface area contributed by atoms with Crippen molar-refractivity contribution in [1.29, 1.82) is 0 Å². The highest BCUT2D eigenvalue weighted by Gasteiger charge is 2.13. The molecular weight excluding hydrogens is 304 g/mol. The Labute approximate surface area is 128 Å². The van der Waals surface area contributed by atoms with Crippen molar-refractivity contribution in [1.82, 2.24) is 14.6 Å². The number of fused-ring (bicyclic) bond motifs is 1. The molecule has 3 aromatic rings. The smallest absolute Gasteiger partial charge is 0.356 e. The molecule has 1 N–H and O–H groups in total. The molecule has 9 heteroatoms. The zero-order valence-corrected chi connectivity index (χ0v) is 11.8. The van der Waals surface area contributed by atoms with Gasteiger partial charge in [0.05, 0.1) is 17.7 Å². The standard InChI is InChI=1S/C14H10N4O5/c1-23-14(20)11-7-13(19)17-12(15-11)6-10(16-17)8-2-4-9(5-3-8)18(21)22/h2-7,16H,1H3. The van der Waals surface area contributed by atoms with Gasteiger partial charge in [0.1, 0.15) is 0 Å². The highest BCUT2D eigenvalue weighted by molar-refractivity contribution is 5.87. The summed E-state index contributed by atoms with van der Waals surface area (Å²) >= 11 is 0. The highest BCUT2D eigenvalue weighted by atomic mass is 16.6. The number of nitro groups is 1. The van der Waals surface area contributed by atoms with Gasteiger partial charge in [0.15, 0.2) is 11.3 Å². The van der Waals surface area contributed by atoms with E-state index in [1.807, 2.05) is 0 Å². The van der Waals surface area contributed by atoms with Gasteiger partial charge in [-0.1, -0.05) is 0 Å². The van der Waals surface area contributed by atoms with Crippen molar-refractivity contribution in [3.05, 3.63) is 62.6 Å². The summed E-state index contributed by atoms with van der Waals surface area (Å²) in [6, 6.07) is 8.45. The maximum absolute atomic E-state index is 12.0. The van der Waals surface area contributed by atoms with E-state index in [-0.39, 0.29) is 17.0 Å². The zero-order valence-electron chi connectivity index (χ0n) is 11.8. The van der Waals surface area contributed by atoms with E-state index in [2.05, 4.69) is 14.8 Å². The first-order valence-electron chi connectivity index (χ1n) is 6.45. The van der Waals surface area contributed by atoms with Crippen molar-refractivity contribution in [2.75, 3.05) is 7.11 Å². The molecule has 0 aliphatic heterocycles. The third kappa shape index (κ3) is 2.55. The fourth-order valence-corrected chi connectivity index (χ4v) is 2.11. The van der Waals surface area contributed by atoms with Crippen LogP contribution in [0.4, 0.5) is 5.69 Å². The number of benzene rings is 1. The van der Waals surface area contributed by atoms with Gasteiger partial charge in [0.2, 0.25) is 0 Å². The molecule has 0 aliphatic rings. The molecule has 116 valence electrons. The van der Waals surface area contributed by atoms with Crippen molar-refractivity contribution < 1.29 is 14.5 Å². The lowest BCUT2D eigenvalue weighted by Gasteiger charge is -1.98. The van der Waals surface area contributed by atoms with Crippen LogP contribution in [0.15, 0.2) is 41.2 Å². The molecule has 0 aliphatic carbocycles. The van der Waals surface area contributed by atoms with E-state index in [1.165, 1.54) is 23.8 Å². The molecule has 3 rings (SSSR count). The predicted octanol–water partition coefficient (Wildman–Crippen LogP) is 1.38. The molecule has 0 amide bonds. The van der Waals surface area contributed by atoms with Crippen molar-refractivity contribution in [2.45, 2.75) is 0 Å². The lowest BCUT2D eigenvalue weighted by atomic mass is 10.1. The monoisotopic (exact) mass is 314 g/mol. The summed E-state index contributed by atoms with van der Waals surface area (Å²) in [4.78, 5) is 37.7. The summed E-state index contributed by atoms with van der Waals surface area (Å²) in [6.07, 6.45) is 0. The van der Waals surface area contributed by atoms with Crippen LogP contribution in [-0.2, 0) is 4.74 Å². The molecule has 9 nitrogen and oxygen atoms in total. The quantitative estimate of drug-likeness (QED) is 0.443. The number of nitro benzene ring substituents is 1. The first kappa shape index (κ1) is 14.4. The van der Waals surface area contributed by atoms with Crippen LogP contribution in [-0.4, -0.2) is 32.6 Å². The fourth-order valence-electron chi connectivity index (χ4n) is 2.11. The number of H-pyrrole nitrogens is 1. The van der Waals surface area contributed by atoms with Crippen molar-refractivity contribution in [2.24, 2.45) is 0 Å². The second-order valence-electron chi connectivity index (χ2n) is 4.64. The molecule has 0 fully saturated rings. The Balaban J connectivity index is 2.09. The summed E-state index contributed by atoms with van der Waals surface area (Å²) in [5.74, 6) is -0.706. The molecule has 0 saturated heterocycles. The molecular formula is C14H10N4O5. The van der Waals surface area contributed by atoms with Crippen molar-refractivity contribution >= 4 is 17.3 Å². The molecule has 1 aromatic carbocycles. The van der Waals surface area contributed by atoms with Gasteiger partial charge in [-0.15, -0.1) is 0 Å². The summed E-state index contributed by atoms with van der Waals surface area (Å²) in [5.41, 5.74) is 0.821. The number of nitrogens with zero attached hydrogens (tertiary/aromatic N) is 3. The number of hydrogen-bond acceptors (Lipinski definition) is 6. The number of aromatic amines is 1. The molecule has 0 radical (unpaired) electrons. The van der Waals surface area contributed by atoms with E-state index in [9.17, 15) is 19.7 Å². The second kappa shape index (κ2) is 5.37. The van der Waals surface area contributed by atoms with E-state index < -0.39 is 16.5 Å². The van der Waals surface area contributed by atoms with Crippen LogP contribution in [0.1, 0.15) is 10.5 Å². The zero-order chi connectivity index (χ0) is 16.6. The Kier molecular flexibility index (Phi) is 3.37. The number of carbonyl (C=O) groups excluding carboxylic acids is 1. The Morgan fingerprint density at radius 3 is 2.61 bits per heavy atom. The minimum Gasteiger partial charge on any atom is -0.464 e. The van der Waals surface area contributed by atoms with Gasteiger partial charge in [-0.25, -0.2) is 14.3 Å². The fraction of sp³-hybridized carbons (Fsp3) is 0.0714. The molecule has 0 saturated carbocycles. The number of nitrogens with one attached hydrogen (secondary N) is 1. The van der Waals surface area contributed by atoms with Gasteiger partial charge in [0.25, 0.3) is 11.2 Å². The SMILES string of the molecule is COC(=O)c1cc(=O)n2[nH]c(-c3ccc([N+](=O)[O-])cc3)cc2n1. The highest BCUT2D eigenvalue weighted by Crippen LogP contribution is 2.21. The Morgan fingerprint density at radius 1 is 1.30 bits per heavy atom. The number of esters is 1. The third-order valence-electron chi connectivity index (χ3n) is 3.23. The van der Waals surface area contributed by atoms with E-state index >= 15 is 0 Å². The van der Waals surface area contributed by atoms with E-state index in [1.54, 1.807) is 18.2 Å². The van der Waals surface area contributed by atoms with Gasteiger partial charge >= 0.3 is 5.97 Å². The van der Waals surface area contributed by atoms with E-state index in [0.29, 0.717) is 11.3 Å². The van der Waals surface area contributed by atoms with Crippen molar-refractivity contribution in [3.8, 4) is 11.3 Å². The van der Waals surface area contributed by atoms with Gasteiger partial charge in [-0.05, 0) is 12.1 Å². The Morgan fingerprint density at radius 2 is 2.00 bits per heavy atom. The lowest BCUT2D eigenvalue weighted by Crippen LogP contribution is -2.18. The summed E-state index contributed by atoms with van der Waals surface area (Å²) in [6.45, 7) is 0. The molecule has 0 unspecified atom stereocenters. The number of rotatable bonds is 3. The van der Waals surface area contributed by atoms with Crippen molar-refractivity contribution in [3.63, 3.8) is 0 Å². The minimum atomic E-state index is -0.706. The van der Waals surface area contributed by atoms with Gasteiger partial charge < -0.3 is 4.74 Å². The number of non-ortho nitro benzene ring substituents is 1. The van der Waals surface area contributed by atoms with E-state index in [0.717, 1.165) is 6.07 Å². The molecule has 0 bridgehead atoms. The second-order valence-corrected chi connectivity index (χ2v) is 4.64. The number of ether oxygens (including phenoxy) is 1. The van der Waals surface area contributed by atoms with Crippen LogP contribution < -0.4 is 5.56 Å². The lowest BCUT2D eigenvalue weighted by molar-refractivity contribution is -0.384. The summed E-state index contributed by atoms with van der Waals surface area (Å²) in [5, 5.41) is 13.5.